The number of carbonyl (C=O) groups excluding carboxylic acids is 1. The van der Waals surface area contributed by atoms with Crippen molar-refractivity contribution >= 4 is 17.7 Å². The highest BCUT2D eigenvalue weighted by Gasteiger charge is 2.31. The van der Waals surface area contributed by atoms with Crippen LogP contribution in [0.1, 0.15) is 23.7 Å². The molecule has 0 radical (unpaired) electrons. The molecule has 6 nitrogen and oxygen atoms in total. The first-order chi connectivity index (χ1) is 15.3. The number of aromatic nitrogens is 3. The highest BCUT2D eigenvalue weighted by molar-refractivity contribution is 8.00. The summed E-state index contributed by atoms with van der Waals surface area (Å²) in [5, 5.41) is 9.14. The van der Waals surface area contributed by atoms with Gasteiger partial charge in [-0.05, 0) is 42.7 Å². The zero-order valence-electron chi connectivity index (χ0n) is 16.9. The molecule has 0 saturated carbocycles. The molecule has 5 rings (SSSR count). The molecule has 2 aromatic heterocycles. The summed E-state index contributed by atoms with van der Waals surface area (Å²) in [5.41, 5.74) is 1.88. The van der Waals surface area contributed by atoms with E-state index in [9.17, 15) is 4.79 Å². The molecular formula is C24H22N4O2S. The number of benzene rings is 2. The Kier molecular flexibility index (Phi) is 5.58. The third-order valence-corrected chi connectivity index (χ3v) is 6.54. The van der Waals surface area contributed by atoms with Gasteiger partial charge in [-0.2, -0.15) is 0 Å². The first-order valence-electron chi connectivity index (χ1n) is 10.4. The van der Waals surface area contributed by atoms with Crippen molar-refractivity contribution in [1.29, 1.82) is 0 Å². The van der Waals surface area contributed by atoms with Crippen LogP contribution in [0.3, 0.4) is 0 Å². The van der Waals surface area contributed by atoms with Gasteiger partial charge in [0.25, 0.3) is 0 Å². The van der Waals surface area contributed by atoms with Gasteiger partial charge in [-0.25, -0.2) is 0 Å². The van der Waals surface area contributed by atoms with E-state index >= 15 is 0 Å². The van der Waals surface area contributed by atoms with Gasteiger partial charge >= 0.3 is 0 Å². The van der Waals surface area contributed by atoms with Crippen LogP contribution in [0.15, 0.2) is 88.6 Å². The highest BCUT2D eigenvalue weighted by Crippen LogP contribution is 2.39. The number of rotatable bonds is 6. The van der Waals surface area contributed by atoms with Crippen LogP contribution in [0.5, 0.6) is 0 Å². The Morgan fingerprint density at radius 1 is 0.903 bits per heavy atom. The Balaban J connectivity index is 1.57. The normalized spacial score (nSPS) is 14.6. The molecule has 1 saturated heterocycles. The van der Waals surface area contributed by atoms with Crippen molar-refractivity contribution in [3.05, 3.63) is 84.6 Å². The van der Waals surface area contributed by atoms with E-state index in [1.165, 1.54) is 11.8 Å². The average Bonchev–Trinajstić information content (AvgIpc) is 3.60. The van der Waals surface area contributed by atoms with Crippen molar-refractivity contribution in [3.63, 3.8) is 0 Å². The number of furan rings is 1. The van der Waals surface area contributed by atoms with Crippen molar-refractivity contribution < 1.29 is 9.21 Å². The largest absolute Gasteiger partial charge is 0.461 e. The van der Waals surface area contributed by atoms with E-state index in [-0.39, 0.29) is 5.91 Å². The average molecular weight is 431 g/mol. The van der Waals surface area contributed by atoms with Crippen molar-refractivity contribution in [2.24, 2.45) is 0 Å². The van der Waals surface area contributed by atoms with Gasteiger partial charge in [0, 0.05) is 18.8 Å². The van der Waals surface area contributed by atoms with Gasteiger partial charge < -0.3 is 9.32 Å². The topological polar surface area (TPSA) is 64.2 Å². The first kappa shape index (κ1) is 19.6. The van der Waals surface area contributed by atoms with Gasteiger partial charge in [-0.1, -0.05) is 60.3 Å². The minimum atomic E-state index is -0.393. The van der Waals surface area contributed by atoms with E-state index in [0.29, 0.717) is 16.7 Å². The maximum absolute atomic E-state index is 13.5. The van der Waals surface area contributed by atoms with Crippen molar-refractivity contribution in [2.75, 3.05) is 13.1 Å². The Labute approximate surface area is 184 Å². The van der Waals surface area contributed by atoms with Crippen molar-refractivity contribution in [2.45, 2.75) is 23.2 Å². The van der Waals surface area contributed by atoms with E-state index < -0.39 is 5.25 Å². The Hall–Kier alpha value is -3.32. The third-order valence-electron chi connectivity index (χ3n) is 5.36. The molecule has 0 N–H and O–H groups in total. The molecule has 3 heterocycles. The van der Waals surface area contributed by atoms with E-state index in [1.54, 1.807) is 6.26 Å². The molecule has 1 aliphatic heterocycles. The summed E-state index contributed by atoms with van der Waals surface area (Å²) in [6.45, 7) is 1.62. The Morgan fingerprint density at radius 2 is 1.61 bits per heavy atom. The second kappa shape index (κ2) is 8.81. The number of amides is 1. The maximum Gasteiger partial charge on any atom is 0.240 e. The number of hydrogen-bond donors (Lipinski definition) is 0. The SMILES string of the molecule is O=C(C(Sc1nnc(-c2ccco2)n1-c1ccccc1)c1ccccc1)N1CCCC1. The molecule has 1 aliphatic rings. The van der Waals surface area contributed by atoms with E-state index in [4.69, 9.17) is 4.42 Å². The smallest absolute Gasteiger partial charge is 0.240 e. The minimum Gasteiger partial charge on any atom is -0.461 e. The van der Waals surface area contributed by atoms with Crippen LogP contribution in [0.25, 0.3) is 17.3 Å². The number of carbonyl (C=O) groups is 1. The fourth-order valence-corrected chi connectivity index (χ4v) is 4.96. The number of thioether (sulfide) groups is 1. The minimum absolute atomic E-state index is 0.121. The predicted octanol–water partition coefficient (Wildman–Crippen LogP) is 4.98. The van der Waals surface area contributed by atoms with Gasteiger partial charge in [-0.3, -0.25) is 9.36 Å². The summed E-state index contributed by atoms with van der Waals surface area (Å²) < 4.78 is 7.56. The first-order valence-corrected chi connectivity index (χ1v) is 11.2. The molecule has 1 atom stereocenters. The monoisotopic (exact) mass is 430 g/mol. The quantitative estimate of drug-likeness (QED) is 0.404. The lowest BCUT2D eigenvalue weighted by atomic mass is 10.1. The summed E-state index contributed by atoms with van der Waals surface area (Å²) in [7, 11) is 0. The molecule has 4 aromatic rings. The molecule has 0 bridgehead atoms. The molecule has 1 amide bonds. The summed E-state index contributed by atoms with van der Waals surface area (Å²) in [4.78, 5) is 15.4. The van der Waals surface area contributed by atoms with Gasteiger partial charge in [0.05, 0.1) is 6.26 Å². The third kappa shape index (κ3) is 4.01. The Morgan fingerprint density at radius 3 is 2.29 bits per heavy atom. The maximum atomic E-state index is 13.5. The standard InChI is InChI=1S/C24H22N4O2S/c29-23(27-15-7-8-16-27)21(18-10-3-1-4-11-18)31-24-26-25-22(20-14-9-17-30-20)28(24)19-12-5-2-6-13-19/h1-6,9-14,17,21H,7-8,15-16H2. The second-order valence-corrected chi connectivity index (χ2v) is 8.47. The predicted molar refractivity (Wildman–Crippen MR) is 120 cm³/mol. The van der Waals surface area contributed by atoms with Crippen LogP contribution in [-0.4, -0.2) is 38.7 Å². The summed E-state index contributed by atoms with van der Waals surface area (Å²) >= 11 is 1.43. The Bertz CT molecular complexity index is 1140. The number of nitrogens with zero attached hydrogens (tertiary/aromatic N) is 4. The number of para-hydroxylation sites is 1. The molecule has 2 aromatic carbocycles. The molecule has 7 heteroatoms. The van der Waals surface area contributed by atoms with Crippen molar-refractivity contribution in [3.8, 4) is 17.3 Å². The van der Waals surface area contributed by atoms with Gasteiger partial charge in [0.2, 0.25) is 11.7 Å². The van der Waals surface area contributed by atoms with Gasteiger partial charge in [0.1, 0.15) is 5.25 Å². The molecule has 0 aliphatic carbocycles. The van der Waals surface area contributed by atoms with Crippen LogP contribution in [0.4, 0.5) is 0 Å². The molecule has 1 unspecified atom stereocenters. The molecule has 31 heavy (non-hydrogen) atoms. The van der Waals surface area contributed by atoms with Crippen molar-refractivity contribution in [1.82, 2.24) is 19.7 Å². The lowest BCUT2D eigenvalue weighted by Gasteiger charge is -2.23. The molecule has 1 fully saturated rings. The zero-order chi connectivity index (χ0) is 21.0. The van der Waals surface area contributed by atoms with E-state index in [2.05, 4.69) is 10.2 Å². The van der Waals surface area contributed by atoms with Gasteiger partial charge in [-0.15, -0.1) is 10.2 Å². The van der Waals surface area contributed by atoms with E-state index in [0.717, 1.165) is 37.2 Å². The summed E-state index contributed by atoms with van der Waals surface area (Å²) in [6.07, 6.45) is 3.73. The molecular weight excluding hydrogens is 408 g/mol. The molecule has 156 valence electrons. The molecule has 0 spiro atoms. The fraction of sp³-hybridized carbons (Fsp3) is 0.208. The highest BCUT2D eigenvalue weighted by atomic mass is 32.2. The van der Waals surface area contributed by atoms with Crippen LogP contribution < -0.4 is 0 Å². The lowest BCUT2D eigenvalue weighted by molar-refractivity contribution is -0.129. The summed E-state index contributed by atoms with van der Waals surface area (Å²) in [5.74, 6) is 1.36. The van der Waals surface area contributed by atoms with Crippen LogP contribution >= 0.6 is 11.8 Å². The van der Waals surface area contributed by atoms with Gasteiger partial charge in [0.15, 0.2) is 10.9 Å². The lowest BCUT2D eigenvalue weighted by Crippen LogP contribution is -2.31. The van der Waals surface area contributed by atoms with Crippen LogP contribution in [0.2, 0.25) is 0 Å². The zero-order valence-corrected chi connectivity index (χ0v) is 17.7. The van der Waals surface area contributed by atoms with E-state index in [1.807, 2.05) is 82.3 Å². The number of likely N-dealkylation sites (tertiary alicyclic amines) is 1. The summed E-state index contributed by atoms with van der Waals surface area (Å²) in [6, 6.07) is 23.5. The second-order valence-electron chi connectivity index (χ2n) is 7.40. The fourth-order valence-electron chi connectivity index (χ4n) is 3.82. The van der Waals surface area contributed by atoms with Crippen LogP contribution in [-0.2, 0) is 4.79 Å². The number of hydrogen-bond acceptors (Lipinski definition) is 5. The van der Waals surface area contributed by atoms with Crippen LogP contribution in [0, 0.1) is 0 Å².